The molecule has 2 aromatic carbocycles. The maximum Gasteiger partial charge on any atom is 0.348 e. The van der Waals surface area contributed by atoms with Gasteiger partial charge in [0.05, 0.1) is 5.39 Å². The molecule has 0 spiro atoms. The van der Waals surface area contributed by atoms with Gasteiger partial charge in [-0.3, -0.25) is 9.78 Å². The lowest BCUT2D eigenvalue weighted by molar-refractivity contribution is -0.114. The summed E-state index contributed by atoms with van der Waals surface area (Å²) in [6, 6.07) is 19.1. The molecule has 0 aliphatic rings. The molecule has 0 fully saturated rings. The quantitative estimate of drug-likeness (QED) is 0.508. The molecular weight excluding hydrogens is 354 g/mol. The van der Waals surface area contributed by atoms with E-state index in [4.69, 9.17) is 0 Å². The number of nitrogens with zero attached hydrogens (tertiary/aromatic N) is 2. The van der Waals surface area contributed by atoms with Crippen LogP contribution in [0.4, 0.5) is 17.2 Å². The molecule has 4 aromatic rings. The summed E-state index contributed by atoms with van der Waals surface area (Å²) in [4.78, 5) is 33.6. The zero-order valence-corrected chi connectivity index (χ0v) is 15.1. The van der Waals surface area contributed by atoms with E-state index in [0.29, 0.717) is 11.5 Å². The summed E-state index contributed by atoms with van der Waals surface area (Å²) in [6.45, 7) is 1.48. The molecule has 0 atom stereocenters. The molecule has 7 heteroatoms. The van der Waals surface area contributed by atoms with Crippen molar-refractivity contribution in [3.63, 3.8) is 0 Å². The molecule has 2 aromatic heterocycles. The monoisotopic (exact) mass is 371 g/mol. The van der Waals surface area contributed by atoms with Crippen molar-refractivity contribution in [1.82, 2.24) is 15.0 Å². The molecule has 28 heavy (non-hydrogen) atoms. The average molecular weight is 371 g/mol. The van der Waals surface area contributed by atoms with Crippen molar-refractivity contribution < 1.29 is 4.79 Å². The van der Waals surface area contributed by atoms with E-state index in [1.807, 2.05) is 54.6 Å². The maximum absolute atomic E-state index is 11.8. The number of pyridine rings is 1. The number of H-pyrrole nitrogens is 1. The minimum absolute atomic E-state index is 0.0972. The topological polar surface area (TPSA) is 99.8 Å². The van der Waals surface area contributed by atoms with E-state index in [0.717, 1.165) is 27.9 Å². The minimum Gasteiger partial charge on any atom is -0.341 e. The Balaban J connectivity index is 1.57. The molecule has 0 radical (unpaired) electrons. The Bertz CT molecular complexity index is 1200. The molecule has 138 valence electrons. The molecule has 4 rings (SSSR count). The van der Waals surface area contributed by atoms with Gasteiger partial charge >= 0.3 is 5.69 Å². The SMILES string of the molecule is CC(=O)Nc1ccc(-c2ccc(Nc3[nH]c(=O)nc4ncccc34)cc2)cc1. The first kappa shape index (κ1) is 17.4. The van der Waals surface area contributed by atoms with Crippen LogP contribution in [0, 0.1) is 0 Å². The van der Waals surface area contributed by atoms with Gasteiger partial charge in [0.25, 0.3) is 0 Å². The number of anilines is 3. The Kier molecular flexibility index (Phi) is 4.55. The molecule has 2 heterocycles. The molecule has 0 aliphatic carbocycles. The first-order chi connectivity index (χ1) is 13.6. The van der Waals surface area contributed by atoms with Gasteiger partial charge in [0.2, 0.25) is 5.91 Å². The summed E-state index contributed by atoms with van der Waals surface area (Å²) in [5.41, 5.74) is 3.60. The third-order valence-corrected chi connectivity index (χ3v) is 4.19. The Hall–Kier alpha value is -4.00. The predicted octanol–water partition coefficient (Wildman–Crippen LogP) is 3.69. The Labute approximate surface area is 160 Å². The van der Waals surface area contributed by atoms with Gasteiger partial charge in [0.15, 0.2) is 5.65 Å². The van der Waals surface area contributed by atoms with Crippen molar-refractivity contribution in [1.29, 1.82) is 0 Å². The van der Waals surface area contributed by atoms with Crippen LogP contribution in [0.5, 0.6) is 0 Å². The number of aromatic amines is 1. The second-order valence-electron chi connectivity index (χ2n) is 6.25. The van der Waals surface area contributed by atoms with Gasteiger partial charge in [-0.1, -0.05) is 24.3 Å². The highest BCUT2D eigenvalue weighted by Gasteiger charge is 2.06. The number of fused-ring (bicyclic) bond motifs is 1. The van der Waals surface area contributed by atoms with E-state index in [1.165, 1.54) is 6.92 Å². The number of hydrogen-bond acceptors (Lipinski definition) is 5. The minimum atomic E-state index is -0.454. The van der Waals surface area contributed by atoms with Crippen LogP contribution >= 0.6 is 0 Å². The van der Waals surface area contributed by atoms with E-state index >= 15 is 0 Å². The molecule has 1 amide bonds. The summed E-state index contributed by atoms with van der Waals surface area (Å²) >= 11 is 0. The summed E-state index contributed by atoms with van der Waals surface area (Å²) in [7, 11) is 0. The van der Waals surface area contributed by atoms with Crippen LogP contribution in [0.1, 0.15) is 6.92 Å². The van der Waals surface area contributed by atoms with Crippen molar-refractivity contribution >= 4 is 34.1 Å². The summed E-state index contributed by atoms with van der Waals surface area (Å²) in [6.07, 6.45) is 1.60. The van der Waals surface area contributed by atoms with Crippen molar-refractivity contribution in [3.8, 4) is 11.1 Å². The van der Waals surface area contributed by atoms with E-state index < -0.39 is 5.69 Å². The molecule has 3 N–H and O–H groups in total. The third-order valence-electron chi connectivity index (χ3n) is 4.19. The standard InChI is InChI=1S/C21H17N5O2/c1-13(27)23-16-8-4-14(5-9-16)15-6-10-17(11-7-15)24-20-18-3-2-12-22-19(18)25-21(28)26-20/h2-12H,1H3,(H,23,27)(H2,22,24,25,26,28). The summed E-state index contributed by atoms with van der Waals surface area (Å²) in [5, 5.41) is 6.70. The van der Waals surface area contributed by atoms with E-state index in [-0.39, 0.29) is 5.91 Å². The largest absolute Gasteiger partial charge is 0.348 e. The van der Waals surface area contributed by atoms with Gasteiger partial charge < -0.3 is 10.6 Å². The fraction of sp³-hybridized carbons (Fsp3) is 0.0476. The number of amides is 1. The molecule has 0 saturated heterocycles. The highest BCUT2D eigenvalue weighted by atomic mass is 16.1. The van der Waals surface area contributed by atoms with Crippen molar-refractivity contribution in [3.05, 3.63) is 77.3 Å². The number of nitrogens with one attached hydrogen (secondary N) is 3. The normalized spacial score (nSPS) is 10.6. The van der Waals surface area contributed by atoms with E-state index in [2.05, 4.69) is 25.6 Å². The smallest absolute Gasteiger partial charge is 0.341 e. The van der Waals surface area contributed by atoms with Crippen LogP contribution in [-0.2, 0) is 4.79 Å². The molecule has 7 nitrogen and oxygen atoms in total. The first-order valence-corrected chi connectivity index (χ1v) is 8.69. The van der Waals surface area contributed by atoms with Crippen LogP contribution in [0.3, 0.4) is 0 Å². The fourth-order valence-corrected chi connectivity index (χ4v) is 2.92. The van der Waals surface area contributed by atoms with Gasteiger partial charge in [-0.2, -0.15) is 4.98 Å². The lowest BCUT2D eigenvalue weighted by atomic mass is 10.0. The first-order valence-electron chi connectivity index (χ1n) is 8.69. The Morgan fingerprint density at radius 1 is 0.929 bits per heavy atom. The van der Waals surface area contributed by atoms with Crippen LogP contribution < -0.4 is 16.3 Å². The van der Waals surface area contributed by atoms with Gasteiger partial charge in [0, 0.05) is 24.5 Å². The van der Waals surface area contributed by atoms with Gasteiger partial charge in [-0.05, 0) is 47.5 Å². The van der Waals surface area contributed by atoms with Crippen LogP contribution in [0.2, 0.25) is 0 Å². The molecule has 0 aliphatic heterocycles. The van der Waals surface area contributed by atoms with Gasteiger partial charge in [-0.15, -0.1) is 0 Å². The number of rotatable bonds is 4. The Morgan fingerprint density at radius 2 is 1.57 bits per heavy atom. The second-order valence-corrected chi connectivity index (χ2v) is 6.25. The maximum atomic E-state index is 11.8. The lowest BCUT2D eigenvalue weighted by Gasteiger charge is -2.10. The lowest BCUT2D eigenvalue weighted by Crippen LogP contribution is -2.13. The predicted molar refractivity (Wildman–Crippen MR) is 110 cm³/mol. The summed E-state index contributed by atoms with van der Waals surface area (Å²) < 4.78 is 0. The molecule has 0 saturated carbocycles. The van der Waals surface area contributed by atoms with Crippen molar-refractivity contribution in [2.75, 3.05) is 10.6 Å². The number of hydrogen-bond donors (Lipinski definition) is 3. The molecule has 0 bridgehead atoms. The van der Waals surface area contributed by atoms with Crippen LogP contribution in [0.25, 0.3) is 22.2 Å². The second kappa shape index (κ2) is 7.32. The fourth-order valence-electron chi connectivity index (χ4n) is 2.92. The number of carbonyl (C=O) groups excluding carboxylic acids is 1. The highest BCUT2D eigenvalue weighted by Crippen LogP contribution is 2.25. The van der Waals surface area contributed by atoms with Crippen molar-refractivity contribution in [2.45, 2.75) is 6.92 Å². The van der Waals surface area contributed by atoms with Crippen LogP contribution in [-0.4, -0.2) is 20.9 Å². The third kappa shape index (κ3) is 3.73. The van der Waals surface area contributed by atoms with Gasteiger partial charge in [-0.25, -0.2) is 9.78 Å². The average Bonchev–Trinajstić information content (AvgIpc) is 2.69. The number of benzene rings is 2. The zero-order chi connectivity index (χ0) is 19.5. The van der Waals surface area contributed by atoms with E-state index in [1.54, 1.807) is 12.3 Å². The summed E-state index contributed by atoms with van der Waals surface area (Å²) in [5.74, 6) is 0.454. The number of carbonyl (C=O) groups is 1. The zero-order valence-electron chi connectivity index (χ0n) is 15.1. The van der Waals surface area contributed by atoms with Crippen molar-refractivity contribution in [2.24, 2.45) is 0 Å². The molecule has 0 unspecified atom stereocenters. The number of aromatic nitrogens is 3. The van der Waals surface area contributed by atoms with Gasteiger partial charge in [0.1, 0.15) is 5.82 Å². The van der Waals surface area contributed by atoms with E-state index in [9.17, 15) is 9.59 Å². The van der Waals surface area contributed by atoms with Crippen LogP contribution in [0.15, 0.2) is 71.7 Å². The highest BCUT2D eigenvalue weighted by molar-refractivity contribution is 5.89. The molecular formula is C21H17N5O2. The Morgan fingerprint density at radius 3 is 2.21 bits per heavy atom.